The number of hydrogen-bond acceptors (Lipinski definition) is 3. The average molecular weight is 340 g/mol. The lowest BCUT2D eigenvalue weighted by Gasteiger charge is -2.10. The van der Waals surface area contributed by atoms with E-state index >= 15 is 0 Å². The van der Waals surface area contributed by atoms with Gasteiger partial charge in [0, 0.05) is 12.6 Å². The van der Waals surface area contributed by atoms with Crippen molar-refractivity contribution < 1.29 is 14.3 Å². The van der Waals surface area contributed by atoms with Crippen molar-refractivity contribution in [3.8, 4) is 5.75 Å². The standard InChI is InChI=1S/C20H24N2O3/c1-14-4-9-19(15(2)12-14)25-11-10-21-20(24)13-17-5-7-18(8-6-17)22-16(3)23/h4-9,12H,10-11,13H2,1-3H3,(H,21,24)(H,22,23). The predicted octanol–water partition coefficient (Wildman–Crippen LogP) is 3.00. The van der Waals surface area contributed by atoms with E-state index in [-0.39, 0.29) is 11.8 Å². The summed E-state index contributed by atoms with van der Waals surface area (Å²) in [4.78, 5) is 22.9. The zero-order chi connectivity index (χ0) is 18.2. The summed E-state index contributed by atoms with van der Waals surface area (Å²) < 4.78 is 5.69. The fourth-order valence-electron chi connectivity index (χ4n) is 2.47. The van der Waals surface area contributed by atoms with Crippen LogP contribution < -0.4 is 15.4 Å². The Morgan fingerprint density at radius 1 is 1.04 bits per heavy atom. The lowest BCUT2D eigenvalue weighted by molar-refractivity contribution is -0.120. The molecule has 132 valence electrons. The van der Waals surface area contributed by atoms with E-state index in [1.165, 1.54) is 12.5 Å². The Balaban J connectivity index is 1.72. The Morgan fingerprint density at radius 3 is 2.40 bits per heavy atom. The maximum atomic E-state index is 12.0. The van der Waals surface area contributed by atoms with Gasteiger partial charge in [-0.05, 0) is 43.2 Å². The molecule has 0 aromatic heterocycles. The second-order valence-electron chi connectivity index (χ2n) is 6.02. The van der Waals surface area contributed by atoms with Crippen LogP contribution in [0.1, 0.15) is 23.6 Å². The Bertz CT molecular complexity index is 739. The molecule has 0 fully saturated rings. The molecule has 5 nitrogen and oxygen atoms in total. The lowest BCUT2D eigenvalue weighted by Crippen LogP contribution is -2.29. The highest BCUT2D eigenvalue weighted by atomic mass is 16.5. The van der Waals surface area contributed by atoms with Crippen molar-refractivity contribution >= 4 is 17.5 Å². The Morgan fingerprint density at radius 2 is 1.76 bits per heavy atom. The molecule has 0 heterocycles. The SMILES string of the molecule is CC(=O)Nc1ccc(CC(=O)NCCOc2ccc(C)cc2C)cc1. The van der Waals surface area contributed by atoms with E-state index in [9.17, 15) is 9.59 Å². The summed E-state index contributed by atoms with van der Waals surface area (Å²) in [5.41, 5.74) is 3.90. The topological polar surface area (TPSA) is 67.4 Å². The third kappa shape index (κ3) is 6.30. The molecule has 0 atom stereocenters. The van der Waals surface area contributed by atoms with Crippen molar-refractivity contribution in [1.29, 1.82) is 0 Å². The molecule has 0 saturated carbocycles. The van der Waals surface area contributed by atoms with Gasteiger partial charge in [-0.3, -0.25) is 9.59 Å². The summed E-state index contributed by atoms with van der Waals surface area (Å²) in [5.74, 6) is 0.666. The minimum absolute atomic E-state index is 0.0588. The number of carbonyl (C=O) groups excluding carboxylic acids is 2. The molecule has 2 amide bonds. The van der Waals surface area contributed by atoms with Crippen molar-refractivity contribution in [3.63, 3.8) is 0 Å². The van der Waals surface area contributed by atoms with Crippen LogP contribution in [-0.4, -0.2) is 25.0 Å². The van der Waals surface area contributed by atoms with Crippen molar-refractivity contribution in [2.45, 2.75) is 27.2 Å². The zero-order valence-electron chi connectivity index (χ0n) is 14.9. The Labute approximate surface area is 148 Å². The van der Waals surface area contributed by atoms with E-state index in [1.807, 2.05) is 38.1 Å². The van der Waals surface area contributed by atoms with Gasteiger partial charge in [-0.2, -0.15) is 0 Å². The van der Waals surface area contributed by atoms with Crippen LogP contribution in [0.3, 0.4) is 0 Å². The van der Waals surface area contributed by atoms with Crippen molar-refractivity contribution in [2.24, 2.45) is 0 Å². The molecule has 2 N–H and O–H groups in total. The quantitative estimate of drug-likeness (QED) is 0.762. The molecule has 0 aliphatic carbocycles. The summed E-state index contributed by atoms with van der Waals surface area (Å²) in [7, 11) is 0. The van der Waals surface area contributed by atoms with E-state index in [0.29, 0.717) is 19.6 Å². The number of ether oxygens (including phenoxy) is 1. The highest BCUT2D eigenvalue weighted by Crippen LogP contribution is 2.18. The highest BCUT2D eigenvalue weighted by Gasteiger charge is 2.04. The van der Waals surface area contributed by atoms with E-state index < -0.39 is 0 Å². The van der Waals surface area contributed by atoms with Crippen LogP contribution in [-0.2, 0) is 16.0 Å². The molecule has 0 aliphatic heterocycles. The summed E-state index contributed by atoms with van der Waals surface area (Å²) in [6.07, 6.45) is 0.296. The molecule has 0 unspecified atom stereocenters. The number of hydrogen-bond donors (Lipinski definition) is 2. The first-order chi connectivity index (χ1) is 11.9. The van der Waals surface area contributed by atoms with Crippen molar-refractivity contribution in [3.05, 3.63) is 59.2 Å². The molecule has 0 bridgehead atoms. The molecular weight excluding hydrogens is 316 g/mol. The minimum atomic E-state index is -0.116. The Hall–Kier alpha value is -2.82. The second kappa shape index (κ2) is 8.87. The fraction of sp³-hybridized carbons (Fsp3) is 0.300. The largest absolute Gasteiger partial charge is 0.491 e. The zero-order valence-corrected chi connectivity index (χ0v) is 14.9. The first kappa shape index (κ1) is 18.5. The van der Waals surface area contributed by atoms with Gasteiger partial charge in [0.2, 0.25) is 11.8 Å². The van der Waals surface area contributed by atoms with Gasteiger partial charge in [-0.15, -0.1) is 0 Å². The van der Waals surface area contributed by atoms with Gasteiger partial charge in [0.25, 0.3) is 0 Å². The molecule has 2 aromatic carbocycles. The second-order valence-corrected chi connectivity index (χ2v) is 6.02. The molecule has 0 radical (unpaired) electrons. The van der Waals surface area contributed by atoms with Gasteiger partial charge in [0.1, 0.15) is 12.4 Å². The van der Waals surface area contributed by atoms with Crippen LogP contribution in [0.25, 0.3) is 0 Å². The van der Waals surface area contributed by atoms with E-state index in [1.54, 1.807) is 12.1 Å². The number of carbonyl (C=O) groups is 2. The maximum absolute atomic E-state index is 12.0. The molecule has 0 spiro atoms. The van der Waals surface area contributed by atoms with Crippen LogP contribution in [0.4, 0.5) is 5.69 Å². The van der Waals surface area contributed by atoms with Crippen molar-refractivity contribution in [1.82, 2.24) is 5.32 Å². The Kier molecular flexibility index (Phi) is 6.57. The number of anilines is 1. The summed E-state index contributed by atoms with van der Waals surface area (Å²) >= 11 is 0. The highest BCUT2D eigenvalue weighted by molar-refractivity contribution is 5.88. The fourth-order valence-corrected chi connectivity index (χ4v) is 2.47. The average Bonchev–Trinajstić information content (AvgIpc) is 2.54. The van der Waals surface area contributed by atoms with Gasteiger partial charge in [-0.25, -0.2) is 0 Å². The van der Waals surface area contributed by atoms with Crippen LogP contribution in [0.2, 0.25) is 0 Å². The number of benzene rings is 2. The van der Waals surface area contributed by atoms with Gasteiger partial charge in [0.05, 0.1) is 13.0 Å². The van der Waals surface area contributed by atoms with Gasteiger partial charge in [-0.1, -0.05) is 29.8 Å². The first-order valence-electron chi connectivity index (χ1n) is 8.27. The number of aryl methyl sites for hydroxylation is 2. The lowest BCUT2D eigenvalue weighted by atomic mass is 10.1. The van der Waals surface area contributed by atoms with Gasteiger partial charge in [0.15, 0.2) is 0 Å². The van der Waals surface area contributed by atoms with Crippen molar-refractivity contribution in [2.75, 3.05) is 18.5 Å². The first-order valence-corrected chi connectivity index (χ1v) is 8.27. The monoisotopic (exact) mass is 340 g/mol. The van der Waals surface area contributed by atoms with Crippen LogP contribution >= 0.6 is 0 Å². The molecule has 2 rings (SSSR count). The van der Waals surface area contributed by atoms with E-state index in [4.69, 9.17) is 4.74 Å². The van der Waals surface area contributed by atoms with E-state index in [0.717, 1.165) is 22.6 Å². The third-order valence-corrected chi connectivity index (χ3v) is 3.65. The van der Waals surface area contributed by atoms with Crippen LogP contribution in [0.5, 0.6) is 5.75 Å². The maximum Gasteiger partial charge on any atom is 0.224 e. The minimum Gasteiger partial charge on any atom is -0.491 e. The molecule has 5 heteroatoms. The molecule has 2 aromatic rings. The molecule has 0 saturated heterocycles. The van der Waals surface area contributed by atoms with Gasteiger partial charge < -0.3 is 15.4 Å². The molecule has 25 heavy (non-hydrogen) atoms. The van der Waals surface area contributed by atoms with Crippen LogP contribution in [0.15, 0.2) is 42.5 Å². The predicted molar refractivity (Wildman–Crippen MR) is 98.9 cm³/mol. The summed E-state index contributed by atoms with van der Waals surface area (Å²) in [6, 6.07) is 13.3. The van der Waals surface area contributed by atoms with Crippen LogP contribution in [0, 0.1) is 13.8 Å². The normalized spacial score (nSPS) is 10.2. The number of amides is 2. The summed E-state index contributed by atoms with van der Waals surface area (Å²) in [6.45, 7) is 6.39. The van der Waals surface area contributed by atoms with E-state index in [2.05, 4.69) is 16.7 Å². The molecule has 0 aliphatic rings. The smallest absolute Gasteiger partial charge is 0.224 e. The van der Waals surface area contributed by atoms with Gasteiger partial charge >= 0.3 is 0 Å². The third-order valence-electron chi connectivity index (χ3n) is 3.65. The summed E-state index contributed by atoms with van der Waals surface area (Å²) in [5, 5.41) is 5.54. The number of rotatable bonds is 7. The molecular formula is C20H24N2O3. The number of nitrogens with one attached hydrogen (secondary N) is 2.